The number of hydrogen-bond acceptors (Lipinski definition) is 4. The van der Waals surface area contributed by atoms with E-state index in [1.165, 1.54) is 30.3 Å². The van der Waals surface area contributed by atoms with Gasteiger partial charge in [0, 0.05) is 44.7 Å². The summed E-state index contributed by atoms with van der Waals surface area (Å²) in [6, 6.07) is 7.21. The number of aryl methyl sites for hydroxylation is 1. The molecule has 3 fully saturated rings. The van der Waals surface area contributed by atoms with Crippen molar-refractivity contribution in [3.05, 3.63) is 76.7 Å². The van der Waals surface area contributed by atoms with Crippen LogP contribution in [0.15, 0.2) is 48.7 Å². The molecule has 13 heteroatoms. The lowest BCUT2D eigenvalue weighted by Crippen LogP contribution is -2.51. The van der Waals surface area contributed by atoms with Crippen molar-refractivity contribution in [1.82, 2.24) is 9.88 Å². The fraction of sp³-hybridized carbons (Fsp3) is 0.406. The normalized spacial score (nSPS) is 19.5. The lowest BCUT2D eigenvalue weighted by Gasteiger charge is -2.38. The highest BCUT2D eigenvalue weighted by molar-refractivity contribution is 6.05. The van der Waals surface area contributed by atoms with Gasteiger partial charge in [0.05, 0.1) is 28.4 Å². The molecule has 0 unspecified atom stereocenters. The third-order valence-electron chi connectivity index (χ3n) is 9.13. The molecule has 1 saturated carbocycles. The molecule has 3 heterocycles. The second-order valence-electron chi connectivity index (χ2n) is 12.0. The minimum atomic E-state index is -5.05. The van der Waals surface area contributed by atoms with E-state index >= 15 is 0 Å². The van der Waals surface area contributed by atoms with Gasteiger partial charge in [0.25, 0.3) is 0 Å². The third kappa shape index (κ3) is 5.61. The molecule has 1 aromatic heterocycles. The molecule has 0 spiro atoms. The number of amides is 2. The van der Waals surface area contributed by atoms with Gasteiger partial charge in [-0.2, -0.15) is 26.3 Å². The smallest absolute Gasteiger partial charge is 0.353 e. The van der Waals surface area contributed by atoms with E-state index in [1.807, 2.05) is 9.80 Å². The molecule has 0 bridgehead atoms. The van der Waals surface area contributed by atoms with Crippen molar-refractivity contribution in [2.24, 2.45) is 0 Å². The lowest BCUT2D eigenvalue weighted by atomic mass is 9.90. The van der Waals surface area contributed by atoms with Crippen LogP contribution < -0.4 is 9.80 Å². The number of carbonyl (C=O) groups excluding carboxylic acids is 2. The summed E-state index contributed by atoms with van der Waals surface area (Å²) in [6.45, 7) is 3.28. The molecule has 2 amide bonds. The summed E-state index contributed by atoms with van der Waals surface area (Å²) in [7, 11) is 1.41. The molecule has 2 saturated heterocycles. The van der Waals surface area contributed by atoms with Gasteiger partial charge in [-0.1, -0.05) is 6.07 Å². The summed E-state index contributed by atoms with van der Waals surface area (Å²) in [5, 5.41) is 0. The number of pyridine rings is 1. The quantitative estimate of drug-likeness (QED) is 0.292. The van der Waals surface area contributed by atoms with E-state index in [0.717, 1.165) is 6.42 Å². The SMILES string of the molecule is Cc1cc(F)ccc1-c1cc(N2CCN3C(=O)CC[C@@H]3C2)ncc1N(C)C(=O)C1(c2cc(C(F)(F)F)cc(C(F)(F)F)c2)CC1. The fourth-order valence-corrected chi connectivity index (χ4v) is 6.51. The van der Waals surface area contributed by atoms with Crippen LogP contribution in [0.5, 0.6) is 0 Å². The van der Waals surface area contributed by atoms with Crippen LogP contribution in [0, 0.1) is 12.7 Å². The first-order valence-electron chi connectivity index (χ1n) is 14.5. The molecule has 1 atom stereocenters. The summed E-state index contributed by atoms with van der Waals surface area (Å²) in [5.74, 6) is -0.474. The largest absolute Gasteiger partial charge is 0.416 e. The van der Waals surface area contributed by atoms with Crippen LogP contribution in [-0.2, 0) is 27.4 Å². The number of fused-ring (bicyclic) bond motifs is 1. The zero-order chi connectivity index (χ0) is 32.5. The fourth-order valence-electron chi connectivity index (χ4n) is 6.51. The van der Waals surface area contributed by atoms with Crippen LogP contribution in [0.1, 0.15) is 47.9 Å². The molecule has 6 rings (SSSR count). The lowest BCUT2D eigenvalue weighted by molar-refractivity contribution is -0.143. The second-order valence-corrected chi connectivity index (χ2v) is 12.0. The van der Waals surface area contributed by atoms with Crippen molar-refractivity contribution < 1.29 is 40.3 Å². The number of likely N-dealkylation sites (N-methyl/N-ethyl adjacent to an activating group) is 1. The van der Waals surface area contributed by atoms with E-state index in [2.05, 4.69) is 4.98 Å². The highest BCUT2D eigenvalue weighted by Crippen LogP contribution is 2.52. The Balaban J connectivity index is 1.39. The second kappa shape index (κ2) is 10.7. The molecule has 2 aliphatic heterocycles. The Morgan fingerprint density at radius 1 is 0.956 bits per heavy atom. The number of piperazine rings is 1. The summed E-state index contributed by atoms with van der Waals surface area (Å²) in [5.41, 5.74) is -3.01. The van der Waals surface area contributed by atoms with Crippen LogP contribution >= 0.6 is 0 Å². The monoisotopic (exact) mass is 634 g/mol. The van der Waals surface area contributed by atoms with Gasteiger partial charge < -0.3 is 14.7 Å². The van der Waals surface area contributed by atoms with Crippen LogP contribution in [0.4, 0.5) is 42.2 Å². The number of carbonyl (C=O) groups is 2. The van der Waals surface area contributed by atoms with E-state index < -0.39 is 40.6 Å². The van der Waals surface area contributed by atoms with E-state index in [-0.39, 0.29) is 42.1 Å². The van der Waals surface area contributed by atoms with Crippen molar-refractivity contribution in [3.8, 4) is 11.1 Å². The van der Waals surface area contributed by atoms with Gasteiger partial charge in [0.15, 0.2) is 0 Å². The summed E-state index contributed by atoms with van der Waals surface area (Å²) < 4.78 is 95.9. The van der Waals surface area contributed by atoms with Gasteiger partial charge in [-0.15, -0.1) is 0 Å². The standard InChI is InChI=1S/C32H29F7N4O2/c1-18-11-22(33)3-5-24(18)25-15-27(42-9-10-43-23(17-42)4-6-28(43)44)40-16-26(25)41(2)29(45)30(7-8-30)19-12-20(31(34,35)36)14-21(13-19)32(37,38)39/h3,5,11-16,23H,4,6-10,17H2,1-2H3/t23-/m1/s1. The van der Waals surface area contributed by atoms with Crippen LogP contribution in [0.2, 0.25) is 0 Å². The molecule has 3 aromatic rings. The number of nitrogens with zero attached hydrogens (tertiary/aromatic N) is 4. The number of benzene rings is 2. The topological polar surface area (TPSA) is 56.8 Å². The van der Waals surface area contributed by atoms with E-state index in [0.29, 0.717) is 60.7 Å². The number of rotatable bonds is 5. The minimum Gasteiger partial charge on any atom is -0.353 e. The molecule has 1 aliphatic carbocycles. The molecule has 6 nitrogen and oxygen atoms in total. The van der Waals surface area contributed by atoms with Crippen molar-refractivity contribution in [2.75, 3.05) is 36.5 Å². The summed E-state index contributed by atoms with van der Waals surface area (Å²) in [6.07, 6.45) is -7.32. The van der Waals surface area contributed by atoms with E-state index in [9.17, 15) is 40.3 Å². The van der Waals surface area contributed by atoms with Crippen LogP contribution in [0.25, 0.3) is 11.1 Å². The third-order valence-corrected chi connectivity index (χ3v) is 9.13. The highest BCUT2D eigenvalue weighted by Gasteiger charge is 2.54. The van der Waals surface area contributed by atoms with E-state index in [4.69, 9.17) is 0 Å². The highest BCUT2D eigenvalue weighted by atomic mass is 19.4. The average Bonchev–Trinajstić information content (AvgIpc) is 3.72. The van der Waals surface area contributed by atoms with Gasteiger partial charge in [0.1, 0.15) is 11.6 Å². The molecule has 3 aliphatic rings. The maximum atomic E-state index is 14.1. The Labute approximate surface area is 254 Å². The number of anilines is 2. The van der Waals surface area contributed by atoms with Crippen molar-refractivity contribution in [3.63, 3.8) is 0 Å². The average molecular weight is 635 g/mol. The Kier molecular flexibility index (Phi) is 7.36. The number of hydrogen-bond donors (Lipinski definition) is 0. The number of aromatic nitrogens is 1. The Morgan fingerprint density at radius 2 is 1.62 bits per heavy atom. The van der Waals surface area contributed by atoms with Crippen molar-refractivity contribution >= 4 is 23.3 Å². The number of halogens is 7. The molecular formula is C32H29F7N4O2. The molecule has 0 radical (unpaired) electrons. The maximum Gasteiger partial charge on any atom is 0.416 e. The maximum absolute atomic E-state index is 14.1. The van der Waals surface area contributed by atoms with Gasteiger partial charge >= 0.3 is 12.4 Å². The molecule has 45 heavy (non-hydrogen) atoms. The number of alkyl halides is 6. The molecule has 0 N–H and O–H groups in total. The van der Waals surface area contributed by atoms with Crippen LogP contribution in [-0.4, -0.2) is 54.4 Å². The first-order valence-corrected chi connectivity index (χ1v) is 14.5. The Morgan fingerprint density at radius 3 is 2.22 bits per heavy atom. The zero-order valence-corrected chi connectivity index (χ0v) is 24.4. The predicted molar refractivity (Wildman–Crippen MR) is 152 cm³/mol. The molecule has 2 aromatic carbocycles. The van der Waals surface area contributed by atoms with Crippen LogP contribution in [0.3, 0.4) is 0 Å². The minimum absolute atomic E-state index is 0.0387. The Hall–Kier alpha value is -4.16. The summed E-state index contributed by atoms with van der Waals surface area (Å²) >= 11 is 0. The van der Waals surface area contributed by atoms with Gasteiger partial charge in [-0.3, -0.25) is 9.59 Å². The van der Waals surface area contributed by atoms with Gasteiger partial charge in [0.2, 0.25) is 11.8 Å². The summed E-state index contributed by atoms with van der Waals surface area (Å²) in [4.78, 5) is 35.9. The molecule has 238 valence electrons. The predicted octanol–water partition coefficient (Wildman–Crippen LogP) is 6.74. The van der Waals surface area contributed by atoms with Crippen molar-refractivity contribution in [1.29, 1.82) is 0 Å². The first kappa shape index (κ1) is 30.8. The Bertz CT molecular complexity index is 1650. The molecular weight excluding hydrogens is 605 g/mol. The first-order chi connectivity index (χ1) is 21.1. The zero-order valence-electron chi connectivity index (χ0n) is 24.4. The van der Waals surface area contributed by atoms with E-state index in [1.54, 1.807) is 19.1 Å². The van der Waals surface area contributed by atoms with Crippen molar-refractivity contribution in [2.45, 2.75) is 56.4 Å². The van der Waals surface area contributed by atoms with Gasteiger partial charge in [-0.25, -0.2) is 9.37 Å². The van der Waals surface area contributed by atoms with Gasteiger partial charge in [-0.05, 0) is 79.3 Å².